The van der Waals surface area contributed by atoms with Crippen LogP contribution in [-0.2, 0) is 4.74 Å². The molecule has 20 heavy (non-hydrogen) atoms. The van der Waals surface area contributed by atoms with Crippen LogP contribution in [0.5, 0.6) is 5.75 Å². The average Bonchev–Trinajstić information content (AvgIpc) is 2.47. The van der Waals surface area contributed by atoms with Crippen LogP contribution in [0.3, 0.4) is 0 Å². The van der Waals surface area contributed by atoms with Gasteiger partial charge >= 0.3 is 5.97 Å². The number of ether oxygens (including phenoxy) is 2. The lowest BCUT2D eigenvalue weighted by Gasteiger charge is -2.13. The molecule has 0 aliphatic heterocycles. The van der Waals surface area contributed by atoms with Crippen molar-refractivity contribution in [2.45, 2.75) is 20.0 Å². The van der Waals surface area contributed by atoms with Crippen LogP contribution in [0.15, 0.2) is 24.3 Å². The minimum Gasteiger partial charge on any atom is -0.475 e. The van der Waals surface area contributed by atoms with Gasteiger partial charge in [0.2, 0.25) is 5.69 Å². The highest BCUT2D eigenvalue weighted by Gasteiger charge is 2.21. The van der Waals surface area contributed by atoms with Crippen LogP contribution >= 0.6 is 0 Å². The molecule has 1 heterocycles. The molecule has 0 saturated carbocycles. The molecule has 1 aromatic heterocycles. The maximum absolute atomic E-state index is 11.9. The zero-order valence-corrected chi connectivity index (χ0v) is 11.3. The van der Waals surface area contributed by atoms with Gasteiger partial charge in [-0.15, -0.1) is 16.6 Å². The number of rotatable bonds is 4. The van der Waals surface area contributed by atoms with Gasteiger partial charge in [0, 0.05) is 5.39 Å². The molecule has 2 rings (SSSR count). The third-order valence-corrected chi connectivity index (χ3v) is 2.62. The summed E-state index contributed by atoms with van der Waals surface area (Å²) < 4.78 is 10.6. The number of nitrogens with zero attached hydrogens (tertiary/aromatic N) is 2. The van der Waals surface area contributed by atoms with Crippen molar-refractivity contribution < 1.29 is 14.3 Å². The molecule has 0 spiro atoms. The first-order chi connectivity index (χ1) is 9.67. The van der Waals surface area contributed by atoms with Crippen molar-refractivity contribution in [3.8, 4) is 18.1 Å². The number of aromatic nitrogens is 2. The SMILES string of the molecule is C#CC(C)Oc1c(C(=O)OCC)nnc2ccccc12. The van der Waals surface area contributed by atoms with E-state index in [2.05, 4.69) is 16.1 Å². The molecule has 5 heteroatoms. The Morgan fingerprint density at radius 2 is 2.15 bits per heavy atom. The second-order valence-electron chi connectivity index (χ2n) is 4.04. The summed E-state index contributed by atoms with van der Waals surface area (Å²) in [6, 6.07) is 7.23. The van der Waals surface area contributed by atoms with E-state index in [9.17, 15) is 4.79 Å². The largest absolute Gasteiger partial charge is 0.475 e. The van der Waals surface area contributed by atoms with Crippen LogP contribution in [0.4, 0.5) is 0 Å². The molecule has 0 fully saturated rings. The summed E-state index contributed by atoms with van der Waals surface area (Å²) >= 11 is 0. The average molecular weight is 270 g/mol. The van der Waals surface area contributed by atoms with Gasteiger partial charge in [0.15, 0.2) is 11.9 Å². The number of hydrogen-bond acceptors (Lipinski definition) is 5. The Kier molecular flexibility index (Phi) is 4.16. The summed E-state index contributed by atoms with van der Waals surface area (Å²) in [6.45, 7) is 3.68. The Labute approximate surface area is 116 Å². The van der Waals surface area contributed by atoms with Crippen molar-refractivity contribution in [1.29, 1.82) is 0 Å². The fraction of sp³-hybridized carbons (Fsp3) is 0.267. The number of carbonyl (C=O) groups is 1. The van der Waals surface area contributed by atoms with E-state index in [1.807, 2.05) is 12.1 Å². The zero-order chi connectivity index (χ0) is 14.5. The summed E-state index contributed by atoms with van der Waals surface area (Å²) in [6.07, 6.45) is 4.83. The number of esters is 1. The van der Waals surface area contributed by atoms with Gasteiger partial charge in [0.05, 0.1) is 12.1 Å². The van der Waals surface area contributed by atoms with Crippen LogP contribution in [0.2, 0.25) is 0 Å². The molecular weight excluding hydrogens is 256 g/mol. The van der Waals surface area contributed by atoms with Crippen LogP contribution in [0, 0.1) is 12.3 Å². The van der Waals surface area contributed by atoms with Crippen LogP contribution in [-0.4, -0.2) is 28.9 Å². The first kappa shape index (κ1) is 13.8. The van der Waals surface area contributed by atoms with E-state index >= 15 is 0 Å². The lowest BCUT2D eigenvalue weighted by Crippen LogP contribution is -2.16. The predicted molar refractivity (Wildman–Crippen MR) is 74.4 cm³/mol. The minimum absolute atomic E-state index is 0.0349. The molecule has 0 aliphatic carbocycles. The van der Waals surface area contributed by atoms with E-state index in [0.29, 0.717) is 16.7 Å². The van der Waals surface area contributed by atoms with E-state index in [-0.39, 0.29) is 12.3 Å². The van der Waals surface area contributed by atoms with E-state index in [1.54, 1.807) is 26.0 Å². The molecule has 0 amide bonds. The Balaban J connectivity index is 2.59. The van der Waals surface area contributed by atoms with Gasteiger partial charge in [-0.25, -0.2) is 4.79 Å². The molecule has 102 valence electrons. The lowest BCUT2D eigenvalue weighted by atomic mass is 10.2. The number of fused-ring (bicyclic) bond motifs is 1. The van der Waals surface area contributed by atoms with Crippen molar-refractivity contribution in [1.82, 2.24) is 10.2 Å². The molecule has 0 aliphatic rings. The minimum atomic E-state index is -0.579. The van der Waals surface area contributed by atoms with Crippen LogP contribution in [0.1, 0.15) is 24.3 Å². The molecule has 1 unspecified atom stereocenters. The molecule has 0 bridgehead atoms. The van der Waals surface area contributed by atoms with Gasteiger partial charge in [0.1, 0.15) is 0 Å². The highest BCUT2D eigenvalue weighted by atomic mass is 16.5. The number of terminal acetylenes is 1. The maximum Gasteiger partial charge on any atom is 0.362 e. The molecular formula is C15H14N2O3. The van der Waals surface area contributed by atoms with Crippen LogP contribution in [0.25, 0.3) is 10.9 Å². The van der Waals surface area contributed by atoms with Crippen molar-refractivity contribution in [3.05, 3.63) is 30.0 Å². The van der Waals surface area contributed by atoms with Crippen LogP contribution < -0.4 is 4.74 Å². The Bertz CT molecular complexity index is 676. The lowest BCUT2D eigenvalue weighted by molar-refractivity contribution is 0.0512. The summed E-state index contributed by atoms with van der Waals surface area (Å²) in [5.41, 5.74) is 0.660. The first-order valence-corrected chi connectivity index (χ1v) is 6.22. The smallest absolute Gasteiger partial charge is 0.362 e. The van der Waals surface area contributed by atoms with E-state index < -0.39 is 12.1 Å². The third-order valence-electron chi connectivity index (χ3n) is 2.62. The molecule has 1 aromatic carbocycles. The number of hydrogen-bond donors (Lipinski definition) is 0. The standard InChI is InChI=1S/C15H14N2O3/c1-4-10(3)20-14-11-8-6-7-9-12(11)16-17-13(14)15(18)19-5-2/h1,6-10H,5H2,2-3H3. The highest BCUT2D eigenvalue weighted by molar-refractivity contribution is 5.97. The molecule has 5 nitrogen and oxygen atoms in total. The quantitative estimate of drug-likeness (QED) is 0.629. The van der Waals surface area contributed by atoms with E-state index in [4.69, 9.17) is 15.9 Å². The Morgan fingerprint density at radius 3 is 2.85 bits per heavy atom. The molecule has 2 aromatic rings. The first-order valence-electron chi connectivity index (χ1n) is 6.22. The van der Waals surface area contributed by atoms with Crippen molar-refractivity contribution in [3.63, 3.8) is 0 Å². The van der Waals surface area contributed by atoms with Crippen molar-refractivity contribution in [2.75, 3.05) is 6.61 Å². The molecule has 0 radical (unpaired) electrons. The molecule has 0 N–H and O–H groups in total. The van der Waals surface area contributed by atoms with Gasteiger partial charge < -0.3 is 9.47 Å². The highest BCUT2D eigenvalue weighted by Crippen LogP contribution is 2.28. The summed E-state index contributed by atoms with van der Waals surface area (Å²) in [5.74, 6) is 2.18. The summed E-state index contributed by atoms with van der Waals surface area (Å²) in [4.78, 5) is 11.9. The van der Waals surface area contributed by atoms with E-state index in [0.717, 1.165) is 0 Å². The molecule has 1 atom stereocenters. The molecule has 0 saturated heterocycles. The summed E-state index contributed by atoms with van der Waals surface area (Å²) in [5, 5.41) is 8.56. The van der Waals surface area contributed by atoms with Gasteiger partial charge in [-0.05, 0) is 26.0 Å². The monoisotopic (exact) mass is 270 g/mol. The van der Waals surface area contributed by atoms with E-state index in [1.165, 1.54) is 0 Å². The van der Waals surface area contributed by atoms with Gasteiger partial charge in [0.25, 0.3) is 0 Å². The summed E-state index contributed by atoms with van der Waals surface area (Å²) in [7, 11) is 0. The Morgan fingerprint density at radius 1 is 1.40 bits per heavy atom. The second-order valence-corrected chi connectivity index (χ2v) is 4.04. The van der Waals surface area contributed by atoms with Gasteiger partial charge in [-0.1, -0.05) is 18.1 Å². The second kappa shape index (κ2) is 6.02. The van der Waals surface area contributed by atoms with Gasteiger partial charge in [-0.3, -0.25) is 0 Å². The topological polar surface area (TPSA) is 61.3 Å². The van der Waals surface area contributed by atoms with Gasteiger partial charge in [-0.2, -0.15) is 0 Å². The zero-order valence-electron chi connectivity index (χ0n) is 11.3. The van der Waals surface area contributed by atoms with Crippen molar-refractivity contribution in [2.24, 2.45) is 0 Å². The normalized spacial score (nSPS) is 11.7. The fourth-order valence-corrected chi connectivity index (χ4v) is 1.69. The number of benzene rings is 1. The Hall–Kier alpha value is -2.61. The maximum atomic E-state index is 11.9. The third kappa shape index (κ3) is 2.69. The van der Waals surface area contributed by atoms with Crippen molar-refractivity contribution >= 4 is 16.9 Å². The number of carbonyl (C=O) groups excluding carboxylic acids is 1. The fourth-order valence-electron chi connectivity index (χ4n) is 1.69. The predicted octanol–water partition coefficient (Wildman–Crippen LogP) is 2.21.